The van der Waals surface area contributed by atoms with Crippen molar-refractivity contribution >= 4 is 11.3 Å². The van der Waals surface area contributed by atoms with Gasteiger partial charge in [0.25, 0.3) is 0 Å². The molecule has 100 valence electrons. The first-order chi connectivity index (χ1) is 9.31. The fourth-order valence-corrected chi connectivity index (χ4v) is 3.54. The number of thiazole rings is 1. The molecule has 2 aromatic heterocycles. The van der Waals surface area contributed by atoms with E-state index in [1.807, 2.05) is 17.8 Å². The normalized spacial score (nSPS) is 19.9. The zero-order valence-electron chi connectivity index (χ0n) is 11.2. The van der Waals surface area contributed by atoms with Gasteiger partial charge in [0.05, 0.1) is 11.2 Å². The van der Waals surface area contributed by atoms with E-state index in [-0.39, 0.29) is 0 Å². The molecule has 0 radical (unpaired) electrons. The molecule has 0 bridgehead atoms. The number of likely N-dealkylation sites (tertiary alicyclic amines) is 1. The van der Waals surface area contributed by atoms with Gasteiger partial charge in [-0.3, -0.25) is 9.88 Å². The molecular weight excluding hydrogens is 254 g/mol. The highest BCUT2D eigenvalue weighted by Gasteiger charge is 2.23. The van der Waals surface area contributed by atoms with E-state index < -0.39 is 0 Å². The maximum absolute atomic E-state index is 4.43. The second-order valence-corrected chi connectivity index (χ2v) is 6.22. The van der Waals surface area contributed by atoms with Crippen LogP contribution in [0.25, 0.3) is 0 Å². The summed E-state index contributed by atoms with van der Waals surface area (Å²) in [5.74, 6) is 0.753. The molecule has 0 amide bonds. The summed E-state index contributed by atoms with van der Waals surface area (Å²) in [7, 11) is 0. The van der Waals surface area contributed by atoms with Gasteiger partial charge in [-0.15, -0.1) is 11.3 Å². The molecule has 1 saturated heterocycles. The summed E-state index contributed by atoms with van der Waals surface area (Å²) in [5.41, 5.74) is 4.37. The lowest BCUT2D eigenvalue weighted by Gasteiger charge is -2.15. The van der Waals surface area contributed by atoms with Gasteiger partial charge < -0.3 is 0 Å². The van der Waals surface area contributed by atoms with Crippen molar-refractivity contribution in [2.75, 3.05) is 13.1 Å². The van der Waals surface area contributed by atoms with Crippen molar-refractivity contribution < 1.29 is 0 Å². The van der Waals surface area contributed by atoms with Gasteiger partial charge in [-0.25, -0.2) is 4.98 Å². The van der Waals surface area contributed by atoms with Crippen molar-refractivity contribution in [2.45, 2.75) is 26.3 Å². The summed E-state index contributed by atoms with van der Waals surface area (Å²) in [6, 6.07) is 6.20. The maximum atomic E-state index is 4.43. The highest BCUT2D eigenvalue weighted by molar-refractivity contribution is 7.09. The summed E-state index contributed by atoms with van der Waals surface area (Å²) in [5, 5.41) is 0. The molecule has 0 saturated carbocycles. The quantitative estimate of drug-likeness (QED) is 0.857. The minimum Gasteiger partial charge on any atom is -0.298 e. The molecule has 3 heterocycles. The molecule has 1 aliphatic heterocycles. The number of aryl methyl sites for hydroxylation is 1. The van der Waals surface area contributed by atoms with Gasteiger partial charge >= 0.3 is 0 Å². The van der Waals surface area contributed by atoms with Gasteiger partial charge in [0.15, 0.2) is 0 Å². The second-order valence-electron chi connectivity index (χ2n) is 5.28. The molecule has 1 aliphatic rings. The smallest absolute Gasteiger partial charge is 0.0798 e. The molecule has 19 heavy (non-hydrogen) atoms. The lowest BCUT2D eigenvalue weighted by atomic mass is 10.0. The van der Waals surface area contributed by atoms with Crippen molar-refractivity contribution in [3.63, 3.8) is 0 Å². The van der Waals surface area contributed by atoms with Crippen LogP contribution in [0.1, 0.15) is 22.7 Å². The lowest BCUT2D eigenvalue weighted by molar-refractivity contribution is 0.318. The van der Waals surface area contributed by atoms with Crippen molar-refractivity contribution in [2.24, 2.45) is 5.92 Å². The fraction of sp³-hybridized carbons (Fsp3) is 0.467. The molecule has 1 unspecified atom stereocenters. The summed E-state index contributed by atoms with van der Waals surface area (Å²) in [6.45, 7) is 5.56. The number of hydrogen-bond donors (Lipinski definition) is 0. The Balaban J connectivity index is 1.54. The van der Waals surface area contributed by atoms with Gasteiger partial charge in [0.1, 0.15) is 0 Å². The number of pyridine rings is 1. The number of hydrogen-bond acceptors (Lipinski definition) is 4. The Bertz CT molecular complexity index is 523. The average molecular weight is 273 g/mol. The number of aromatic nitrogens is 2. The van der Waals surface area contributed by atoms with E-state index in [9.17, 15) is 0 Å². The molecule has 1 atom stereocenters. The molecule has 0 N–H and O–H groups in total. The average Bonchev–Trinajstić information content (AvgIpc) is 3.02. The van der Waals surface area contributed by atoms with Crippen LogP contribution >= 0.6 is 11.3 Å². The third kappa shape index (κ3) is 3.19. The van der Waals surface area contributed by atoms with E-state index in [4.69, 9.17) is 0 Å². The van der Waals surface area contributed by atoms with E-state index in [1.165, 1.54) is 35.8 Å². The monoisotopic (exact) mass is 273 g/mol. The first-order valence-corrected chi connectivity index (χ1v) is 7.70. The largest absolute Gasteiger partial charge is 0.298 e. The third-order valence-corrected chi connectivity index (χ3v) is 4.73. The maximum Gasteiger partial charge on any atom is 0.0798 e. The second kappa shape index (κ2) is 5.80. The SMILES string of the molecule is Cc1ncsc1CN1CCC(Cc2ccccn2)C1. The summed E-state index contributed by atoms with van der Waals surface area (Å²) >= 11 is 1.78. The topological polar surface area (TPSA) is 29.0 Å². The number of nitrogens with zero attached hydrogens (tertiary/aromatic N) is 3. The van der Waals surface area contributed by atoms with Crippen LogP contribution in [-0.4, -0.2) is 28.0 Å². The first kappa shape index (κ1) is 12.8. The van der Waals surface area contributed by atoms with E-state index in [0.717, 1.165) is 18.9 Å². The van der Waals surface area contributed by atoms with Crippen LogP contribution < -0.4 is 0 Å². The Morgan fingerprint density at radius 3 is 3.05 bits per heavy atom. The van der Waals surface area contributed by atoms with Gasteiger partial charge in [-0.1, -0.05) is 6.07 Å². The first-order valence-electron chi connectivity index (χ1n) is 6.82. The summed E-state index contributed by atoms with van der Waals surface area (Å²) < 4.78 is 0. The molecule has 0 spiro atoms. The Morgan fingerprint density at radius 2 is 2.32 bits per heavy atom. The summed E-state index contributed by atoms with van der Waals surface area (Å²) in [4.78, 5) is 12.7. The fourth-order valence-electron chi connectivity index (χ4n) is 2.72. The van der Waals surface area contributed by atoms with E-state index in [1.54, 1.807) is 11.3 Å². The van der Waals surface area contributed by atoms with Crippen LogP contribution in [0.5, 0.6) is 0 Å². The van der Waals surface area contributed by atoms with Crippen molar-refractivity contribution in [1.29, 1.82) is 0 Å². The zero-order chi connectivity index (χ0) is 13.1. The Kier molecular flexibility index (Phi) is 3.89. The van der Waals surface area contributed by atoms with Crippen LogP contribution in [0.3, 0.4) is 0 Å². The third-order valence-electron chi connectivity index (χ3n) is 3.81. The summed E-state index contributed by atoms with van der Waals surface area (Å²) in [6.07, 6.45) is 4.29. The highest BCUT2D eigenvalue weighted by Crippen LogP contribution is 2.23. The zero-order valence-corrected chi connectivity index (χ0v) is 12.1. The van der Waals surface area contributed by atoms with Crippen LogP contribution in [-0.2, 0) is 13.0 Å². The Labute approximate surface area is 118 Å². The Hall–Kier alpha value is -1.26. The van der Waals surface area contributed by atoms with Crippen LogP contribution in [0.2, 0.25) is 0 Å². The van der Waals surface area contributed by atoms with Gasteiger partial charge in [-0.2, -0.15) is 0 Å². The van der Waals surface area contributed by atoms with Crippen LogP contribution in [0.15, 0.2) is 29.9 Å². The molecule has 0 aromatic carbocycles. The molecular formula is C15H19N3S. The van der Waals surface area contributed by atoms with E-state index in [2.05, 4.69) is 33.9 Å². The predicted octanol–water partition coefficient (Wildman–Crippen LogP) is 2.91. The molecule has 3 rings (SSSR count). The van der Waals surface area contributed by atoms with E-state index in [0.29, 0.717) is 0 Å². The predicted molar refractivity (Wildman–Crippen MR) is 78.2 cm³/mol. The van der Waals surface area contributed by atoms with Crippen molar-refractivity contribution in [3.8, 4) is 0 Å². The van der Waals surface area contributed by atoms with Gasteiger partial charge in [0, 0.05) is 29.9 Å². The van der Waals surface area contributed by atoms with Gasteiger partial charge in [-0.05, 0) is 44.4 Å². The number of rotatable bonds is 4. The lowest BCUT2D eigenvalue weighted by Crippen LogP contribution is -2.20. The van der Waals surface area contributed by atoms with Crippen molar-refractivity contribution in [3.05, 3.63) is 46.2 Å². The molecule has 2 aromatic rings. The molecule has 1 fully saturated rings. The minimum absolute atomic E-state index is 0.753. The standard InChI is InChI=1S/C15H19N3S/c1-12-15(19-11-17-12)10-18-7-5-13(9-18)8-14-4-2-3-6-16-14/h2-4,6,11,13H,5,7-10H2,1H3. The molecule has 3 nitrogen and oxygen atoms in total. The highest BCUT2D eigenvalue weighted by atomic mass is 32.1. The van der Waals surface area contributed by atoms with E-state index >= 15 is 0 Å². The van der Waals surface area contributed by atoms with Crippen LogP contribution in [0.4, 0.5) is 0 Å². The van der Waals surface area contributed by atoms with Crippen LogP contribution in [0, 0.1) is 12.8 Å². The Morgan fingerprint density at radius 1 is 1.37 bits per heavy atom. The van der Waals surface area contributed by atoms with Gasteiger partial charge in [0.2, 0.25) is 0 Å². The van der Waals surface area contributed by atoms with Crippen molar-refractivity contribution in [1.82, 2.24) is 14.9 Å². The molecule has 4 heteroatoms. The minimum atomic E-state index is 0.753. The molecule has 0 aliphatic carbocycles.